The second-order valence-corrected chi connectivity index (χ2v) is 7.01. The van der Waals surface area contributed by atoms with Gasteiger partial charge >= 0.3 is 0 Å². The number of carbonyl (C=O) groups excluding carboxylic acids is 1. The van der Waals surface area contributed by atoms with E-state index in [2.05, 4.69) is 40.9 Å². The largest absolute Gasteiger partial charge is 0.379 e. The van der Waals surface area contributed by atoms with Gasteiger partial charge in [0.05, 0.1) is 13.2 Å². The van der Waals surface area contributed by atoms with Crippen LogP contribution in [-0.4, -0.2) is 49.7 Å². The summed E-state index contributed by atoms with van der Waals surface area (Å²) < 4.78 is 5.47. The molecule has 130 valence electrons. The van der Waals surface area contributed by atoms with E-state index < -0.39 is 0 Å². The maximum atomic E-state index is 12.2. The van der Waals surface area contributed by atoms with Crippen LogP contribution in [0.25, 0.3) is 0 Å². The molecule has 4 nitrogen and oxygen atoms in total. The van der Waals surface area contributed by atoms with Crippen LogP contribution in [-0.2, 0) is 16.0 Å². The fourth-order valence-corrected chi connectivity index (χ4v) is 4.04. The molecule has 2 rings (SSSR count). The first-order valence-corrected chi connectivity index (χ1v) is 9.78. The fraction of sp³-hybridized carbons (Fsp3) is 0.722. The quantitative estimate of drug-likeness (QED) is 0.753. The van der Waals surface area contributed by atoms with Crippen molar-refractivity contribution in [3.63, 3.8) is 0 Å². The Morgan fingerprint density at radius 2 is 2.09 bits per heavy atom. The van der Waals surface area contributed by atoms with Crippen molar-refractivity contribution in [2.75, 3.05) is 32.8 Å². The molecule has 2 heterocycles. The molecule has 1 atom stereocenters. The average Bonchev–Trinajstić information content (AvgIpc) is 3.11. The van der Waals surface area contributed by atoms with Gasteiger partial charge in [-0.1, -0.05) is 26.7 Å². The molecule has 5 heteroatoms. The zero-order valence-corrected chi connectivity index (χ0v) is 15.2. The predicted molar refractivity (Wildman–Crippen MR) is 95.9 cm³/mol. The molecule has 1 saturated heterocycles. The summed E-state index contributed by atoms with van der Waals surface area (Å²) in [6, 6.07) is 2.53. The summed E-state index contributed by atoms with van der Waals surface area (Å²) in [6.07, 6.45) is 3.73. The van der Waals surface area contributed by atoms with Gasteiger partial charge in [-0.15, -0.1) is 0 Å². The third-order valence-electron chi connectivity index (χ3n) is 4.84. The van der Waals surface area contributed by atoms with Gasteiger partial charge in [0.1, 0.15) is 0 Å². The Labute approximate surface area is 144 Å². The van der Waals surface area contributed by atoms with Crippen LogP contribution in [0.2, 0.25) is 0 Å². The lowest BCUT2D eigenvalue weighted by Gasteiger charge is -2.38. The van der Waals surface area contributed by atoms with E-state index in [1.165, 1.54) is 5.56 Å². The Bertz CT molecular complexity index is 440. The summed E-state index contributed by atoms with van der Waals surface area (Å²) in [7, 11) is 0. The molecule has 1 aliphatic rings. The Balaban J connectivity index is 1.82. The van der Waals surface area contributed by atoms with Crippen molar-refractivity contribution < 1.29 is 9.53 Å². The molecule has 1 aliphatic heterocycles. The molecule has 1 unspecified atom stereocenters. The van der Waals surface area contributed by atoms with Crippen molar-refractivity contribution in [1.82, 2.24) is 10.2 Å². The minimum Gasteiger partial charge on any atom is -0.379 e. The van der Waals surface area contributed by atoms with Crippen LogP contribution in [0.3, 0.4) is 0 Å². The zero-order valence-electron chi connectivity index (χ0n) is 14.4. The van der Waals surface area contributed by atoms with Crippen LogP contribution in [0.1, 0.15) is 38.7 Å². The lowest BCUT2D eigenvalue weighted by atomic mass is 9.92. The summed E-state index contributed by atoms with van der Waals surface area (Å²) >= 11 is 1.69. The second kappa shape index (κ2) is 10.1. The van der Waals surface area contributed by atoms with Gasteiger partial charge in [-0.2, -0.15) is 11.3 Å². The number of nitrogens with one attached hydrogen (secondary N) is 1. The smallest absolute Gasteiger partial charge is 0.220 e. The van der Waals surface area contributed by atoms with E-state index in [0.29, 0.717) is 18.4 Å². The molecule has 1 amide bonds. The normalized spacial score (nSPS) is 17.3. The molecule has 0 aromatic carbocycles. The number of thiophene rings is 1. The SMILES string of the molecule is CCC(CC)C(CNC(=O)CCc1ccsc1)N1CCOCC1. The summed E-state index contributed by atoms with van der Waals surface area (Å²) in [5.41, 5.74) is 1.26. The van der Waals surface area contributed by atoms with E-state index >= 15 is 0 Å². The number of nitrogens with zero attached hydrogens (tertiary/aromatic N) is 1. The van der Waals surface area contributed by atoms with Crippen molar-refractivity contribution in [2.24, 2.45) is 5.92 Å². The number of aryl methyl sites for hydroxylation is 1. The number of carbonyl (C=O) groups is 1. The van der Waals surface area contributed by atoms with Crippen LogP contribution in [0.5, 0.6) is 0 Å². The number of amides is 1. The number of morpholine rings is 1. The van der Waals surface area contributed by atoms with Crippen LogP contribution < -0.4 is 5.32 Å². The molecule has 0 bridgehead atoms. The molecule has 0 radical (unpaired) electrons. The lowest BCUT2D eigenvalue weighted by molar-refractivity contribution is -0.121. The van der Waals surface area contributed by atoms with Gasteiger partial charge in [-0.25, -0.2) is 0 Å². The molecule has 1 N–H and O–H groups in total. The summed E-state index contributed by atoms with van der Waals surface area (Å²) in [4.78, 5) is 14.7. The summed E-state index contributed by atoms with van der Waals surface area (Å²) in [5.74, 6) is 0.797. The standard InChI is InChI=1S/C18H30N2O2S/c1-3-16(4-2)17(20-8-10-22-11-9-20)13-19-18(21)6-5-15-7-12-23-14-15/h7,12,14,16-17H,3-6,8-11,13H2,1-2H3,(H,19,21). The number of ether oxygens (including phenoxy) is 1. The summed E-state index contributed by atoms with van der Waals surface area (Å²) in [6.45, 7) is 8.83. The highest BCUT2D eigenvalue weighted by Gasteiger charge is 2.27. The fourth-order valence-electron chi connectivity index (χ4n) is 3.34. The first kappa shape index (κ1) is 18.4. The first-order valence-electron chi connectivity index (χ1n) is 8.84. The van der Waals surface area contributed by atoms with Crippen molar-refractivity contribution in [3.8, 4) is 0 Å². The first-order chi connectivity index (χ1) is 11.2. The third-order valence-corrected chi connectivity index (χ3v) is 5.57. The minimum absolute atomic E-state index is 0.167. The van der Waals surface area contributed by atoms with Gasteiger partial charge in [0.15, 0.2) is 0 Å². The van der Waals surface area contributed by atoms with Gasteiger partial charge in [-0.05, 0) is 34.7 Å². The molecule has 1 aromatic heterocycles. The van der Waals surface area contributed by atoms with Crippen molar-refractivity contribution in [3.05, 3.63) is 22.4 Å². The van der Waals surface area contributed by atoms with Gasteiger partial charge in [0.25, 0.3) is 0 Å². The minimum atomic E-state index is 0.167. The Morgan fingerprint density at radius 3 is 2.70 bits per heavy atom. The molecule has 0 spiro atoms. The van der Waals surface area contributed by atoms with Gasteiger partial charge < -0.3 is 10.1 Å². The average molecular weight is 339 g/mol. The van der Waals surface area contributed by atoms with E-state index in [0.717, 1.165) is 52.1 Å². The maximum Gasteiger partial charge on any atom is 0.220 e. The highest BCUT2D eigenvalue weighted by atomic mass is 32.1. The summed E-state index contributed by atoms with van der Waals surface area (Å²) in [5, 5.41) is 7.36. The maximum absolute atomic E-state index is 12.2. The van der Waals surface area contributed by atoms with Crippen LogP contribution in [0.4, 0.5) is 0 Å². The molecular formula is C18H30N2O2S. The molecule has 23 heavy (non-hydrogen) atoms. The van der Waals surface area contributed by atoms with Crippen LogP contribution in [0, 0.1) is 5.92 Å². The number of hydrogen-bond acceptors (Lipinski definition) is 4. The van der Waals surface area contributed by atoms with E-state index in [1.807, 2.05) is 0 Å². The molecule has 0 aliphatic carbocycles. The lowest BCUT2D eigenvalue weighted by Crippen LogP contribution is -2.52. The van der Waals surface area contributed by atoms with Crippen molar-refractivity contribution in [2.45, 2.75) is 45.6 Å². The second-order valence-electron chi connectivity index (χ2n) is 6.23. The van der Waals surface area contributed by atoms with Crippen molar-refractivity contribution in [1.29, 1.82) is 0 Å². The number of hydrogen-bond donors (Lipinski definition) is 1. The highest BCUT2D eigenvalue weighted by Crippen LogP contribution is 2.19. The van der Waals surface area contributed by atoms with Gasteiger partial charge in [0, 0.05) is 32.1 Å². The predicted octanol–water partition coefficient (Wildman–Crippen LogP) is 2.93. The van der Waals surface area contributed by atoms with E-state index in [1.54, 1.807) is 11.3 Å². The van der Waals surface area contributed by atoms with E-state index in [9.17, 15) is 4.79 Å². The Hall–Kier alpha value is -0.910. The molecule has 1 aromatic rings. The molecule has 0 saturated carbocycles. The van der Waals surface area contributed by atoms with Crippen molar-refractivity contribution >= 4 is 17.2 Å². The Kier molecular flexibility index (Phi) is 8.06. The Morgan fingerprint density at radius 1 is 1.35 bits per heavy atom. The van der Waals surface area contributed by atoms with Gasteiger partial charge in [-0.3, -0.25) is 9.69 Å². The highest BCUT2D eigenvalue weighted by molar-refractivity contribution is 7.07. The van der Waals surface area contributed by atoms with Crippen LogP contribution >= 0.6 is 11.3 Å². The van der Waals surface area contributed by atoms with E-state index in [4.69, 9.17) is 4.74 Å². The van der Waals surface area contributed by atoms with Crippen LogP contribution in [0.15, 0.2) is 16.8 Å². The van der Waals surface area contributed by atoms with E-state index in [-0.39, 0.29) is 5.91 Å². The topological polar surface area (TPSA) is 41.6 Å². The molecular weight excluding hydrogens is 308 g/mol. The molecule has 1 fully saturated rings. The monoisotopic (exact) mass is 338 g/mol. The van der Waals surface area contributed by atoms with Gasteiger partial charge in [0.2, 0.25) is 5.91 Å². The zero-order chi connectivity index (χ0) is 16.5. The number of rotatable bonds is 9. The third kappa shape index (κ3) is 5.90.